The van der Waals surface area contributed by atoms with E-state index in [1.54, 1.807) is 44.2 Å². The van der Waals surface area contributed by atoms with Gasteiger partial charge in [0.25, 0.3) is 5.91 Å². The topological polar surface area (TPSA) is 95.6 Å². The minimum absolute atomic E-state index is 0.102. The Morgan fingerprint density at radius 3 is 2.59 bits per heavy atom. The number of sulfonamides is 1. The van der Waals surface area contributed by atoms with Crippen LogP contribution >= 0.6 is 11.8 Å². The van der Waals surface area contributed by atoms with Crippen molar-refractivity contribution in [3.8, 4) is 0 Å². The molecule has 7 nitrogen and oxygen atoms in total. The summed E-state index contributed by atoms with van der Waals surface area (Å²) in [7, 11) is -3.62. The number of fused-ring (bicyclic) bond motifs is 1. The number of hydrogen-bond donors (Lipinski definition) is 2. The summed E-state index contributed by atoms with van der Waals surface area (Å²) in [6.45, 7) is 6.11. The molecule has 2 aromatic rings. The van der Waals surface area contributed by atoms with E-state index in [9.17, 15) is 18.0 Å². The second kappa shape index (κ2) is 8.56. The minimum atomic E-state index is -3.62. The van der Waals surface area contributed by atoms with Crippen molar-refractivity contribution in [2.24, 2.45) is 0 Å². The van der Waals surface area contributed by atoms with E-state index in [0.29, 0.717) is 30.0 Å². The van der Waals surface area contributed by atoms with Gasteiger partial charge in [0, 0.05) is 29.2 Å². The van der Waals surface area contributed by atoms with E-state index in [-0.39, 0.29) is 22.0 Å². The van der Waals surface area contributed by atoms with Gasteiger partial charge < -0.3 is 10.6 Å². The van der Waals surface area contributed by atoms with Crippen molar-refractivity contribution in [2.45, 2.75) is 35.8 Å². The molecule has 154 valence electrons. The molecule has 0 aliphatic carbocycles. The lowest BCUT2D eigenvalue weighted by Gasteiger charge is -2.21. The molecule has 1 aliphatic heterocycles. The maximum atomic E-state index is 12.7. The summed E-state index contributed by atoms with van der Waals surface area (Å²) >= 11 is 1.44. The van der Waals surface area contributed by atoms with Gasteiger partial charge in [-0.2, -0.15) is 4.31 Å². The van der Waals surface area contributed by atoms with Gasteiger partial charge in [-0.05, 0) is 43.3 Å². The summed E-state index contributed by atoms with van der Waals surface area (Å²) in [6, 6.07) is 11.3. The molecule has 0 saturated heterocycles. The summed E-state index contributed by atoms with van der Waals surface area (Å²) in [6.07, 6.45) is 0. The smallest absolute Gasteiger partial charge is 0.255 e. The van der Waals surface area contributed by atoms with Crippen LogP contribution in [0.3, 0.4) is 0 Å². The predicted octanol–water partition coefficient (Wildman–Crippen LogP) is 3.40. The van der Waals surface area contributed by atoms with Crippen LogP contribution in [-0.4, -0.2) is 42.9 Å². The third-order valence-electron chi connectivity index (χ3n) is 4.61. The Morgan fingerprint density at radius 2 is 1.90 bits per heavy atom. The lowest BCUT2D eigenvalue weighted by molar-refractivity contribution is -0.115. The van der Waals surface area contributed by atoms with Crippen LogP contribution in [0.25, 0.3) is 0 Å². The van der Waals surface area contributed by atoms with E-state index in [1.165, 1.54) is 28.2 Å². The average molecular weight is 434 g/mol. The molecule has 0 fully saturated rings. The number of hydrogen-bond acceptors (Lipinski definition) is 5. The molecule has 3 rings (SSSR count). The first-order valence-corrected chi connectivity index (χ1v) is 11.6. The monoisotopic (exact) mass is 433 g/mol. The van der Waals surface area contributed by atoms with E-state index in [1.807, 2.05) is 6.92 Å². The third-order valence-corrected chi connectivity index (χ3v) is 7.83. The van der Waals surface area contributed by atoms with Crippen LogP contribution < -0.4 is 10.6 Å². The van der Waals surface area contributed by atoms with Gasteiger partial charge in [0.15, 0.2) is 0 Å². The number of nitrogens with one attached hydrogen (secondary N) is 2. The molecule has 0 aromatic heterocycles. The van der Waals surface area contributed by atoms with Gasteiger partial charge in [0.05, 0.1) is 15.8 Å². The zero-order chi connectivity index (χ0) is 21.2. The van der Waals surface area contributed by atoms with Crippen LogP contribution in [0.5, 0.6) is 0 Å². The molecule has 1 aliphatic rings. The van der Waals surface area contributed by atoms with Crippen molar-refractivity contribution in [1.29, 1.82) is 0 Å². The van der Waals surface area contributed by atoms with Gasteiger partial charge in [-0.1, -0.05) is 19.9 Å². The highest BCUT2D eigenvalue weighted by Gasteiger charge is 2.24. The summed E-state index contributed by atoms with van der Waals surface area (Å²) in [5.41, 5.74) is 1.35. The fourth-order valence-corrected chi connectivity index (χ4v) is 5.43. The number of anilines is 2. The molecule has 1 heterocycles. The van der Waals surface area contributed by atoms with Crippen molar-refractivity contribution in [2.75, 3.05) is 23.7 Å². The van der Waals surface area contributed by atoms with Crippen LogP contribution in [-0.2, 0) is 14.8 Å². The average Bonchev–Trinajstić information content (AvgIpc) is 2.69. The Bertz CT molecular complexity index is 1050. The fraction of sp³-hybridized carbons (Fsp3) is 0.300. The standard InChI is InChI=1S/C20H23N3O4S2/c1-4-23(5-2)29(26,27)16-8-6-7-15(12-16)21-20(25)14-9-10-18-17(11-14)22-19(24)13(3)28-18/h6-13H,4-5H2,1-3H3,(H,21,25)(H,22,24). The summed E-state index contributed by atoms with van der Waals surface area (Å²) < 4.78 is 26.7. The Kier molecular flexibility index (Phi) is 6.30. The number of nitrogens with zero attached hydrogens (tertiary/aromatic N) is 1. The van der Waals surface area contributed by atoms with Gasteiger partial charge in [-0.25, -0.2) is 8.42 Å². The molecule has 0 bridgehead atoms. The second-order valence-corrected chi connectivity index (χ2v) is 9.85. The molecule has 1 unspecified atom stereocenters. The van der Waals surface area contributed by atoms with Gasteiger partial charge in [0.1, 0.15) is 0 Å². The van der Waals surface area contributed by atoms with Crippen molar-refractivity contribution in [1.82, 2.24) is 4.31 Å². The first-order chi connectivity index (χ1) is 13.8. The zero-order valence-electron chi connectivity index (χ0n) is 16.4. The normalized spacial score (nSPS) is 16.3. The first kappa shape index (κ1) is 21.4. The molecule has 9 heteroatoms. The lowest BCUT2D eigenvalue weighted by atomic mass is 10.1. The highest BCUT2D eigenvalue weighted by molar-refractivity contribution is 8.01. The van der Waals surface area contributed by atoms with Crippen LogP contribution in [0.1, 0.15) is 31.1 Å². The molecular formula is C20H23N3O4S2. The van der Waals surface area contributed by atoms with E-state index in [4.69, 9.17) is 0 Å². The fourth-order valence-electron chi connectivity index (χ4n) is 3.00. The summed E-state index contributed by atoms with van der Waals surface area (Å²) in [5.74, 6) is -0.488. The number of benzene rings is 2. The maximum Gasteiger partial charge on any atom is 0.255 e. The van der Waals surface area contributed by atoms with Gasteiger partial charge in [0.2, 0.25) is 15.9 Å². The molecule has 0 saturated carbocycles. The molecule has 1 atom stereocenters. The number of thioether (sulfide) groups is 1. The Morgan fingerprint density at radius 1 is 1.17 bits per heavy atom. The highest BCUT2D eigenvalue weighted by Crippen LogP contribution is 2.36. The van der Waals surface area contributed by atoms with E-state index in [0.717, 1.165) is 4.90 Å². The lowest BCUT2D eigenvalue weighted by Crippen LogP contribution is -2.30. The maximum absolute atomic E-state index is 12.7. The van der Waals surface area contributed by atoms with Crippen molar-refractivity contribution in [3.05, 3.63) is 48.0 Å². The van der Waals surface area contributed by atoms with Crippen LogP contribution in [0, 0.1) is 0 Å². The Labute approximate surface area is 174 Å². The molecule has 29 heavy (non-hydrogen) atoms. The highest BCUT2D eigenvalue weighted by atomic mass is 32.2. The van der Waals surface area contributed by atoms with Gasteiger partial charge in [-0.15, -0.1) is 11.8 Å². The quantitative estimate of drug-likeness (QED) is 0.728. The molecule has 2 aromatic carbocycles. The van der Waals surface area contributed by atoms with Crippen LogP contribution in [0.2, 0.25) is 0 Å². The number of carbonyl (C=O) groups is 2. The van der Waals surface area contributed by atoms with Gasteiger partial charge >= 0.3 is 0 Å². The number of carbonyl (C=O) groups excluding carboxylic acids is 2. The third kappa shape index (κ3) is 4.47. The first-order valence-electron chi connectivity index (χ1n) is 9.29. The van der Waals surface area contributed by atoms with Crippen LogP contribution in [0.15, 0.2) is 52.3 Å². The molecule has 2 N–H and O–H groups in total. The molecular weight excluding hydrogens is 410 g/mol. The largest absolute Gasteiger partial charge is 0.324 e. The van der Waals surface area contributed by atoms with Crippen molar-refractivity contribution < 1.29 is 18.0 Å². The minimum Gasteiger partial charge on any atom is -0.324 e. The SMILES string of the molecule is CCN(CC)S(=O)(=O)c1cccc(NC(=O)c2ccc3c(c2)NC(=O)C(C)S3)c1. The van der Waals surface area contributed by atoms with Gasteiger partial charge in [-0.3, -0.25) is 9.59 Å². The number of rotatable bonds is 6. The predicted molar refractivity (Wildman–Crippen MR) is 115 cm³/mol. The summed E-state index contributed by atoms with van der Waals surface area (Å²) in [5, 5.41) is 5.35. The summed E-state index contributed by atoms with van der Waals surface area (Å²) in [4.78, 5) is 25.6. The Hall–Kier alpha value is -2.36. The zero-order valence-corrected chi connectivity index (χ0v) is 18.1. The molecule has 0 radical (unpaired) electrons. The van der Waals surface area contributed by atoms with Crippen molar-refractivity contribution >= 4 is 45.0 Å². The Balaban J connectivity index is 1.82. The number of amides is 2. The molecule has 0 spiro atoms. The van der Waals surface area contributed by atoms with E-state index >= 15 is 0 Å². The van der Waals surface area contributed by atoms with E-state index < -0.39 is 10.0 Å². The van der Waals surface area contributed by atoms with Crippen LogP contribution in [0.4, 0.5) is 11.4 Å². The molecule has 2 amide bonds. The van der Waals surface area contributed by atoms with Crippen molar-refractivity contribution in [3.63, 3.8) is 0 Å². The second-order valence-electron chi connectivity index (χ2n) is 6.53. The van der Waals surface area contributed by atoms with E-state index in [2.05, 4.69) is 10.6 Å².